The molecule has 2 aromatic rings. The largest absolute Gasteiger partial charge is 0.334 e. The van der Waals surface area contributed by atoms with Gasteiger partial charge in [-0.1, -0.05) is 30.3 Å². The third kappa shape index (κ3) is 4.05. The van der Waals surface area contributed by atoms with Gasteiger partial charge in [-0.2, -0.15) is 5.10 Å². The maximum Gasteiger partial charge on any atom is 0.317 e. The van der Waals surface area contributed by atoms with Crippen LogP contribution in [0.15, 0.2) is 52.1 Å². The zero-order chi connectivity index (χ0) is 18.4. The molecule has 1 aliphatic rings. The number of rotatable bonds is 5. The number of carbonyl (C=O) groups is 1. The summed E-state index contributed by atoms with van der Waals surface area (Å²) in [5.74, 6) is 0. The SMILES string of the molecule is C=N/C=N\C=C(/C)CNC(=O)N1CCc2[nH]nc(-c3ccccc3)c2C1. The van der Waals surface area contributed by atoms with Crippen LogP contribution in [-0.2, 0) is 13.0 Å². The van der Waals surface area contributed by atoms with Crippen molar-refractivity contribution in [1.82, 2.24) is 20.4 Å². The molecule has 7 nitrogen and oxygen atoms in total. The number of aromatic nitrogens is 2. The van der Waals surface area contributed by atoms with Crippen molar-refractivity contribution in [3.05, 3.63) is 53.4 Å². The maximum absolute atomic E-state index is 12.5. The normalized spacial score (nSPS) is 14.3. The zero-order valence-electron chi connectivity index (χ0n) is 14.8. The van der Waals surface area contributed by atoms with Crippen molar-refractivity contribution >= 4 is 19.1 Å². The Labute approximate surface area is 152 Å². The summed E-state index contributed by atoms with van der Waals surface area (Å²) in [7, 11) is 0. The van der Waals surface area contributed by atoms with Gasteiger partial charge in [0.25, 0.3) is 0 Å². The smallest absolute Gasteiger partial charge is 0.317 e. The lowest BCUT2D eigenvalue weighted by Gasteiger charge is -2.27. The number of fused-ring (bicyclic) bond motifs is 1. The van der Waals surface area contributed by atoms with Crippen molar-refractivity contribution in [2.24, 2.45) is 9.98 Å². The first kappa shape index (κ1) is 17.6. The summed E-state index contributed by atoms with van der Waals surface area (Å²) in [6.07, 6.45) is 3.79. The maximum atomic E-state index is 12.5. The van der Waals surface area contributed by atoms with Gasteiger partial charge in [-0.3, -0.25) is 10.1 Å². The Kier molecular flexibility index (Phi) is 5.58. The number of hydrogen-bond donors (Lipinski definition) is 2. The highest BCUT2D eigenvalue weighted by Crippen LogP contribution is 2.28. The number of aliphatic imine (C=N–C) groups is 2. The molecule has 2 amide bonds. The van der Waals surface area contributed by atoms with Gasteiger partial charge < -0.3 is 10.2 Å². The third-order valence-corrected chi connectivity index (χ3v) is 4.23. The molecule has 2 heterocycles. The van der Waals surface area contributed by atoms with Crippen LogP contribution >= 0.6 is 0 Å². The minimum absolute atomic E-state index is 0.0885. The summed E-state index contributed by atoms with van der Waals surface area (Å²) >= 11 is 0. The third-order valence-electron chi connectivity index (χ3n) is 4.23. The monoisotopic (exact) mass is 350 g/mol. The van der Waals surface area contributed by atoms with E-state index < -0.39 is 0 Å². The zero-order valence-corrected chi connectivity index (χ0v) is 14.8. The lowest BCUT2D eigenvalue weighted by atomic mass is 10.0. The van der Waals surface area contributed by atoms with Gasteiger partial charge in [-0.05, 0) is 19.2 Å². The van der Waals surface area contributed by atoms with Gasteiger partial charge in [0.15, 0.2) is 0 Å². The molecule has 1 aromatic heterocycles. The van der Waals surface area contributed by atoms with Crippen molar-refractivity contribution < 1.29 is 4.79 Å². The van der Waals surface area contributed by atoms with Crippen LogP contribution in [0.4, 0.5) is 4.79 Å². The fourth-order valence-electron chi connectivity index (χ4n) is 2.88. The van der Waals surface area contributed by atoms with Crippen LogP contribution in [-0.4, -0.2) is 47.3 Å². The number of benzene rings is 1. The summed E-state index contributed by atoms with van der Waals surface area (Å²) in [5.41, 5.74) is 5.10. The highest BCUT2D eigenvalue weighted by atomic mass is 16.2. The van der Waals surface area contributed by atoms with Crippen LogP contribution in [0.3, 0.4) is 0 Å². The van der Waals surface area contributed by atoms with E-state index in [1.165, 1.54) is 6.34 Å². The molecule has 26 heavy (non-hydrogen) atoms. The molecule has 0 atom stereocenters. The summed E-state index contributed by atoms with van der Waals surface area (Å²) in [4.78, 5) is 21.8. The van der Waals surface area contributed by atoms with Crippen molar-refractivity contribution in [1.29, 1.82) is 0 Å². The Morgan fingerprint density at radius 2 is 2.23 bits per heavy atom. The molecule has 0 bridgehead atoms. The van der Waals surface area contributed by atoms with E-state index in [9.17, 15) is 4.79 Å². The first-order chi connectivity index (χ1) is 12.7. The number of carbonyl (C=O) groups excluding carboxylic acids is 1. The number of nitrogens with zero attached hydrogens (tertiary/aromatic N) is 4. The highest BCUT2D eigenvalue weighted by molar-refractivity contribution is 5.75. The Morgan fingerprint density at radius 3 is 3.00 bits per heavy atom. The molecule has 2 N–H and O–H groups in total. The summed E-state index contributed by atoms with van der Waals surface area (Å²) in [6.45, 7) is 6.87. The molecule has 0 unspecified atom stereocenters. The van der Waals surface area contributed by atoms with Crippen LogP contribution in [0.25, 0.3) is 11.3 Å². The molecule has 0 saturated carbocycles. The molecule has 134 valence electrons. The molecule has 1 aromatic carbocycles. The Bertz CT molecular complexity index is 837. The predicted octanol–water partition coefficient (Wildman–Crippen LogP) is 2.78. The lowest BCUT2D eigenvalue weighted by molar-refractivity contribution is 0.193. The van der Waals surface area contributed by atoms with Gasteiger partial charge in [0, 0.05) is 42.5 Å². The van der Waals surface area contributed by atoms with Crippen LogP contribution in [0.2, 0.25) is 0 Å². The van der Waals surface area contributed by atoms with E-state index in [-0.39, 0.29) is 6.03 Å². The molecule has 0 fully saturated rings. The van der Waals surface area contributed by atoms with Gasteiger partial charge in [-0.15, -0.1) is 0 Å². The average molecular weight is 350 g/mol. The van der Waals surface area contributed by atoms with E-state index in [1.807, 2.05) is 42.2 Å². The van der Waals surface area contributed by atoms with E-state index in [4.69, 9.17) is 0 Å². The van der Waals surface area contributed by atoms with Gasteiger partial charge in [0.1, 0.15) is 6.34 Å². The first-order valence-electron chi connectivity index (χ1n) is 8.46. The van der Waals surface area contributed by atoms with Crippen LogP contribution < -0.4 is 5.32 Å². The second-order valence-corrected chi connectivity index (χ2v) is 6.15. The molecular weight excluding hydrogens is 328 g/mol. The first-order valence-corrected chi connectivity index (χ1v) is 8.46. The summed E-state index contributed by atoms with van der Waals surface area (Å²) < 4.78 is 0. The number of nitrogens with one attached hydrogen (secondary N) is 2. The van der Waals surface area contributed by atoms with Crippen molar-refractivity contribution in [3.63, 3.8) is 0 Å². The standard InChI is InChI=1S/C19H22N6O/c1-14(10-21-13-20-2)11-22-19(26)25-9-8-17-16(12-25)18(24-23-17)15-6-4-3-5-7-15/h3-7,10,13H,2,8-9,11-12H2,1H3,(H,22,26)(H,23,24)/b14-10+,21-13-. The number of urea groups is 1. The van der Waals surface area contributed by atoms with Gasteiger partial charge in [-0.25, -0.2) is 9.79 Å². The van der Waals surface area contributed by atoms with Gasteiger partial charge >= 0.3 is 6.03 Å². The average Bonchev–Trinajstić information content (AvgIpc) is 3.10. The molecule has 0 spiro atoms. The number of H-pyrrole nitrogens is 1. The Balaban J connectivity index is 1.65. The minimum Gasteiger partial charge on any atom is -0.334 e. The number of hydrogen-bond acceptors (Lipinski definition) is 3. The molecule has 7 heteroatoms. The van der Waals surface area contributed by atoms with Gasteiger partial charge in [0.05, 0.1) is 12.2 Å². The molecule has 1 aliphatic heterocycles. The minimum atomic E-state index is -0.0885. The Morgan fingerprint density at radius 1 is 1.42 bits per heavy atom. The quantitative estimate of drug-likeness (QED) is 0.642. The second kappa shape index (κ2) is 8.24. The van der Waals surface area contributed by atoms with Gasteiger partial charge in [0.2, 0.25) is 0 Å². The van der Waals surface area contributed by atoms with Crippen molar-refractivity contribution in [3.8, 4) is 11.3 Å². The fourth-order valence-corrected chi connectivity index (χ4v) is 2.88. The highest BCUT2D eigenvalue weighted by Gasteiger charge is 2.25. The molecule has 0 aliphatic carbocycles. The second-order valence-electron chi connectivity index (χ2n) is 6.15. The summed E-state index contributed by atoms with van der Waals surface area (Å²) in [6, 6.07) is 9.93. The van der Waals surface area contributed by atoms with Crippen LogP contribution in [0.5, 0.6) is 0 Å². The molecular formula is C19H22N6O. The topological polar surface area (TPSA) is 85.7 Å². The molecule has 3 rings (SSSR count). The van der Waals surface area contributed by atoms with E-state index >= 15 is 0 Å². The van der Waals surface area contributed by atoms with Crippen molar-refractivity contribution in [2.45, 2.75) is 19.9 Å². The van der Waals surface area contributed by atoms with Crippen LogP contribution in [0, 0.1) is 0 Å². The predicted molar refractivity (Wildman–Crippen MR) is 103 cm³/mol. The summed E-state index contributed by atoms with van der Waals surface area (Å²) in [5, 5.41) is 10.5. The molecule has 0 saturated heterocycles. The van der Waals surface area contributed by atoms with Crippen LogP contribution in [0.1, 0.15) is 18.2 Å². The van der Waals surface area contributed by atoms with E-state index in [0.29, 0.717) is 19.6 Å². The fraction of sp³-hybridized carbons (Fsp3) is 0.263. The number of aromatic amines is 1. The van der Waals surface area contributed by atoms with Crippen molar-refractivity contribution in [2.75, 3.05) is 13.1 Å². The van der Waals surface area contributed by atoms with E-state index in [0.717, 1.165) is 34.5 Å². The number of amides is 2. The molecule has 0 radical (unpaired) electrons. The Hall–Kier alpha value is -3.22. The van der Waals surface area contributed by atoms with E-state index in [2.05, 4.69) is 32.2 Å². The lowest BCUT2D eigenvalue weighted by Crippen LogP contribution is -2.43. The van der Waals surface area contributed by atoms with E-state index in [1.54, 1.807) is 6.20 Å².